The van der Waals surface area contributed by atoms with E-state index in [0.717, 1.165) is 0 Å². The number of aromatic nitrogens is 1. The van der Waals surface area contributed by atoms with Gasteiger partial charge in [0.05, 0.1) is 13.2 Å². The quantitative estimate of drug-likeness (QED) is 0.803. The number of hydrogen-bond donors (Lipinski definition) is 0. The third-order valence-corrected chi connectivity index (χ3v) is 3.95. The Morgan fingerprint density at radius 2 is 2.40 bits per heavy atom. The number of hydrogen-bond acceptors (Lipinski definition) is 4. The zero-order chi connectivity index (χ0) is 14.9. The Morgan fingerprint density at radius 3 is 2.95 bits per heavy atom. The van der Waals surface area contributed by atoms with E-state index < -0.39 is 24.4 Å². The first-order valence-electron chi connectivity index (χ1n) is 6.30. The number of halogens is 2. The number of rotatable bonds is 4. The van der Waals surface area contributed by atoms with Crippen LogP contribution in [0.1, 0.15) is 35.8 Å². The second-order valence-corrected chi connectivity index (χ2v) is 5.59. The van der Waals surface area contributed by atoms with Crippen molar-refractivity contribution in [1.82, 2.24) is 9.88 Å². The van der Waals surface area contributed by atoms with Crippen LogP contribution in [0.2, 0.25) is 0 Å². The van der Waals surface area contributed by atoms with Gasteiger partial charge in [0.2, 0.25) is 0 Å². The topological polar surface area (TPSA) is 42.4 Å². The van der Waals surface area contributed by atoms with Gasteiger partial charge in [0.15, 0.2) is 5.01 Å². The molecule has 1 amide bonds. The van der Waals surface area contributed by atoms with E-state index >= 15 is 0 Å². The lowest BCUT2D eigenvalue weighted by molar-refractivity contribution is 0.0118. The summed E-state index contributed by atoms with van der Waals surface area (Å²) in [6, 6.07) is -0.488. The van der Waals surface area contributed by atoms with Crippen molar-refractivity contribution in [1.29, 1.82) is 0 Å². The SMILES string of the molecule is C=C(OCC)c1nc(C(=O)N2CC(F)(F)C[C@@H]2C)cs1. The number of nitrogens with zero attached hydrogens (tertiary/aromatic N) is 2. The first-order chi connectivity index (χ1) is 9.34. The van der Waals surface area contributed by atoms with Crippen molar-refractivity contribution in [3.63, 3.8) is 0 Å². The Balaban J connectivity index is 2.12. The van der Waals surface area contributed by atoms with Crippen molar-refractivity contribution < 1.29 is 18.3 Å². The summed E-state index contributed by atoms with van der Waals surface area (Å²) in [5.74, 6) is -2.90. The third-order valence-electron chi connectivity index (χ3n) is 3.07. The largest absolute Gasteiger partial charge is 0.491 e. The predicted octanol–water partition coefficient (Wildman–Crippen LogP) is 3.02. The molecule has 4 nitrogen and oxygen atoms in total. The molecule has 2 heterocycles. The van der Waals surface area contributed by atoms with Crippen LogP contribution in [0.25, 0.3) is 5.76 Å². The average Bonchev–Trinajstić information content (AvgIpc) is 2.93. The molecule has 20 heavy (non-hydrogen) atoms. The molecular weight excluding hydrogens is 286 g/mol. The highest BCUT2D eigenvalue weighted by atomic mass is 32.1. The summed E-state index contributed by atoms with van der Waals surface area (Å²) in [5.41, 5.74) is 0.162. The standard InChI is InChI=1S/C13H16F2N2O2S/c1-4-19-9(3)11-16-10(6-20-11)12(18)17-7-13(14,15)5-8(17)2/h6,8H,3-5,7H2,1-2H3/t8-/m0/s1. The third kappa shape index (κ3) is 2.98. The molecule has 1 fully saturated rings. The van der Waals surface area contributed by atoms with Crippen LogP contribution in [0.3, 0.4) is 0 Å². The number of alkyl halides is 2. The maximum atomic E-state index is 13.3. The number of carbonyl (C=O) groups is 1. The Kier molecular flexibility index (Phi) is 4.08. The van der Waals surface area contributed by atoms with Crippen LogP contribution >= 0.6 is 11.3 Å². The van der Waals surface area contributed by atoms with Gasteiger partial charge in [0.25, 0.3) is 11.8 Å². The fraction of sp³-hybridized carbons (Fsp3) is 0.538. The summed E-state index contributed by atoms with van der Waals surface area (Å²) in [6.45, 7) is 7.04. The van der Waals surface area contributed by atoms with E-state index in [1.54, 1.807) is 12.3 Å². The van der Waals surface area contributed by atoms with Crippen molar-refractivity contribution in [3.8, 4) is 0 Å². The lowest BCUT2D eigenvalue weighted by Gasteiger charge is -2.19. The van der Waals surface area contributed by atoms with Gasteiger partial charge < -0.3 is 9.64 Å². The van der Waals surface area contributed by atoms with Crippen molar-refractivity contribution in [2.24, 2.45) is 0 Å². The Hall–Kier alpha value is -1.50. The number of carbonyl (C=O) groups excluding carboxylic acids is 1. The highest BCUT2D eigenvalue weighted by Crippen LogP contribution is 2.33. The van der Waals surface area contributed by atoms with Crippen LogP contribution in [-0.2, 0) is 4.74 Å². The molecule has 0 unspecified atom stereocenters. The molecular formula is C13H16F2N2O2S. The van der Waals surface area contributed by atoms with Gasteiger partial charge in [0.1, 0.15) is 11.5 Å². The maximum Gasteiger partial charge on any atom is 0.273 e. The fourth-order valence-corrected chi connectivity index (χ4v) is 2.89. The smallest absolute Gasteiger partial charge is 0.273 e. The minimum atomic E-state index is -2.82. The molecule has 1 aromatic heterocycles. The molecule has 0 bridgehead atoms. The van der Waals surface area contributed by atoms with Crippen LogP contribution in [-0.4, -0.2) is 40.9 Å². The highest BCUT2D eigenvalue weighted by Gasteiger charge is 2.45. The van der Waals surface area contributed by atoms with Crippen molar-refractivity contribution in [3.05, 3.63) is 22.7 Å². The second kappa shape index (κ2) is 5.47. The van der Waals surface area contributed by atoms with Crippen LogP contribution in [0, 0.1) is 0 Å². The summed E-state index contributed by atoms with van der Waals surface area (Å²) >= 11 is 1.22. The molecule has 0 aliphatic carbocycles. The second-order valence-electron chi connectivity index (χ2n) is 4.74. The molecule has 0 N–H and O–H groups in total. The minimum Gasteiger partial charge on any atom is -0.491 e. The predicted molar refractivity (Wildman–Crippen MR) is 72.8 cm³/mol. The number of amides is 1. The first kappa shape index (κ1) is 14.9. The number of ether oxygens (including phenoxy) is 1. The zero-order valence-corrected chi connectivity index (χ0v) is 12.2. The molecule has 1 aromatic rings. The van der Waals surface area contributed by atoms with Gasteiger partial charge in [-0.15, -0.1) is 11.3 Å². The molecule has 1 aliphatic rings. The Bertz CT molecular complexity index is 530. The van der Waals surface area contributed by atoms with Crippen LogP contribution < -0.4 is 0 Å². The van der Waals surface area contributed by atoms with Crippen molar-refractivity contribution in [2.75, 3.05) is 13.2 Å². The monoisotopic (exact) mass is 302 g/mol. The zero-order valence-electron chi connectivity index (χ0n) is 11.4. The highest BCUT2D eigenvalue weighted by molar-refractivity contribution is 7.10. The lowest BCUT2D eigenvalue weighted by Crippen LogP contribution is -2.35. The van der Waals surface area contributed by atoms with E-state index in [0.29, 0.717) is 17.4 Å². The molecule has 110 valence electrons. The van der Waals surface area contributed by atoms with Gasteiger partial charge in [-0.1, -0.05) is 6.58 Å². The van der Waals surface area contributed by atoms with Crippen molar-refractivity contribution in [2.45, 2.75) is 32.2 Å². The summed E-state index contributed by atoms with van der Waals surface area (Å²) in [7, 11) is 0. The molecule has 1 aliphatic heterocycles. The van der Waals surface area contributed by atoms with Gasteiger partial charge in [-0.2, -0.15) is 0 Å². The van der Waals surface area contributed by atoms with Gasteiger partial charge in [0, 0.05) is 17.8 Å². The molecule has 0 saturated carbocycles. The number of likely N-dealkylation sites (tertiary alicyclic amines) is 1. The first-order valence-corrected chi connectivity index (χ1v) is 7.18. The van der Waals surface area contributed by atoms with Gasteiger partial charge >= 0.3 is 0 Å². The minimum absolute atomic E-state index is 0.162. The molecule has 0 radical (unpaired) electrons. The molecule has 2 rings (SSSR count). The van der Waals surface area contributed by atoms with Crippen LogP contribution in [0.4, 0.5) is 8.78 Å². The summed E-state index contributed by atoms with van der Waals surface area (Å²) in [5, 5.41) is 2.04. The van der Waals surface area contributed by atoms with Crippen LogP contribution in [0.15, 0.2) is 12.0 Å². The molecule has 7 heteroatoms. The van der Waals surface area contributed by atoms with Gasteiger partial charge in [-0.3, -0.25) is 4.79 Å². The maximum absolute atomic E-state index is 13.3. The summed E-state index contributed by atoms with van der Waals surface area (Å²) in [6.07, 6.45) is -0.304. The van der Waals surface area contributed by atoms with Gasteiger partial charge in [-0.25, -0.2) is 13.8 Å². The van der Waals surface area contributed by atoms with E-state index in [4.69, 9.17) is 4.74 Å². The van der Waals surface area contributed by atoms with E-state index in [2.05, 4.69) is 11.6 Å². The van der Waals surface area contributed by atoms with E-state index in [1.165, 1.54) is 16.2 Å². The van der Waals surface area contributed by atoms with Crippen LogP contribution in [0.5, 0.6) is 0 Å². The number of thiazole rings is 1. The fourth-order valence-electron chi connectivity index (χ4n) is 2.17. The summed E-state index contributed by atoms with van der Waals surface area (Å²) < 4.78 is 31.8. The van der Waals surface area contributed by atoms with E-state index in [1.807, 2.05) is 6.92 Å². The Morgan fingerprint density at radius 1 is 1.70 bits per heavy atom. The average molecular weight is 302 g/mol. The lowest BCUT2D eigenvalue weighted by atomic mass is 10.2. The normalized spacial score (nSPS) is 21.0. The van der Waals surface area contributed by atoms with E-state index in [9.17, 15) is 13.6 Å². The molecule has 0 aromatic carbocycles. The molecule has 1 atom stereocenters. The van der Waals surface area contributed by atoms with E-state index in [-0.39, 0.29) is 12.1 Å². The van der Waals surface area contributed by atoms with Crippen molar-refractivity contribution >= 4 is 23.0 Å². The summed E-state index contributed by atoms with van der Waals surface area (Å²) in [4.78, 5) is 17.5. The van der Waals surface area contributed by atoms with Gasteiger partial charge in [-0.05, 0) is 13.8 Å². The molecule has 1 saturated heterocycles. The Labute approximate surface area is 120 Å². The molecule has 0 spiro atoms.